The molecule has 128 valence electrons. The molecule has 0 heterocycles. The molecule has 4 nitrogen and oxygen atoms in total. The van der Waals surface area contributed by atoms with E-state index in [2.05, 4.69) is 41.3 Å². The molecule has 0 aromatic rings. The minimum atomic E-state index is -4.16. The maximum Gasteiger partial charge on any atom is 0.390 e. The lowest BCUT2D eigenvalue weighted by Crippen LogP contribution is -2.43. The normalized spacial score (nSPS) is 12.5. The predicted molar refractivity (Wildman–Crippen MR) is 92.5 cm³/mol. The summed E-state index contributed by atoms with van der Waals surface area (Å²) < 4.78 is 36.2. The van der Waals surface area contributed by atoms with Gasteiger partial charge in [-0.05, 0) is 27.3 Å². The predicted octanol–water partition coefficient (Wildman–Crippen LogP) is 2.84. The van der Waals surface area contributed by atoms with Crippen molar-refractivity contribution in [3.8, 4) is 0 Å². The van der Waals surface area contributed by atoms with Crippen molar-refractivity contribution in [3.63, 3.8) is 0 Å². The molecule has 0 aromatic heterocycles. The summed E-state index contributed by atoms with van der Waals surface area (Å²) in [7, 11) is 0. The third-order valence-corrected chi connectivity index (χ3v) is 2.84. The fourth-order valence-electron chi connectivity index (χ4n) is 1.74. The number of rotatable bonds is 8. The van der Waals surface area contributed by atoms with Crippen LogP contribution < -0.4 is 10.6 Å². The van der Waals surface area contributed by atoms with Crippen LogP contribution in [0.5, 0.6) is 0 Å². The molecule has 0 spiro atoms. The van der Waals surface area contributed by atoms with Crippen LogP contribution in [-0.4, -0.2) is 55.8 Å². The molecule has 0 aliphatic rings. The highest BCUT2D eigenvalue weighted by atomic mass is 127. The summed E-state index contributed by atoms with van der Waals surface area (Å²) in [6, 6.07) is 0.451. The number of hydrogen-bond acceptors (Lipinski definition) is 2. The van der Waals surface area contributed by atoms with Crippen LogP contribution in [0.3, 0.4) is 0 Å². The van der Waals surface area contributed by atoms with Gasteiger partial charge in [0.25, 0.3) is 0 Å². The SMILES string of the molecule is CCNC(=NCCC(F)(F)F)NCCN(CC)C(C)C.I. The lowest BCUT2D eigenvalue weighted by molar-refractivity contribution is -0.132. The molecule has 21 heavy (non-hydrogen) atoms. The van der Waals surface area contributed by atoms with Gasteiger partial charge in [0.15, 0.2) is 5.96 Å². The van der Waals surface area contributed by atoms with Crippen LogP contribution in [0.25, 0.3) is 0 Å². The molecule has 0 aliphatic heterocycles. The fourth-order valence-corrected chi connectivity index (χ4v) is 1.74. The molecule has 0 unspecified atom stereocenters. The van der Waals surface area contributed by atoms with E-state index in [9.17, 15) is 13.2 Å². The van der Waals surface area contributed by atoms with Gasteiger partial charge in [-0.3, -0.25) is 9.89 Å². The standard InChI is InChI=1S/C13H27F3N4.HI/c1-5-17-12(18-8-7-13(14,15)16)19-9-10-20(6-2)11(3)4;/h11H,5-10H2,1-4H3,(H2,17,18,19);1H. The zero-order valence-corrected chi connectivity index (χ0v) is 15.6. The number of guanidine groups is 1. The van der Waals surface area contributed by atoms with E-state index in [4.69, 9.17) is 0 Å². The molecule has 0 atom stereocenters. The highest BCUT2D eigenvalue weighted by Gasteiger charge is 2.26. The van der Waals surface area contributed by atoms with Crippen molar-refractivity contribution in [2.75, 3.05) is 32.7 Å². The van der Waals surface area contributed by atoms with E-state index in [0.717, 1.165) is 13.1 Å². The Morgan fingerprint density at radius 3 is 2.24 bits per heavy atom. The second-order valence-corrected chi connectivity index (χ2v) is 4.77. The molecule has 0 radical (unpaired) electrons. The van der Waals surface area contributed by atoms with Gasteiger partial charge in [-0.15, -0.1) is 24.0 Å². The molecule has 0 aliphatic carbocycles. The van der Waals surface area contributed by atoms with Gasteiger partial charge in [0.1, 0.15) is 0 Å². The molecule has 8 heteroatoms. The first-order chi connectivity index (χ1) is 9.30. The van der Waals surface area contributed by atoms with Gasteiger partial charge in [-0.1, -0.05) is 6.92 Å². The highest BCUT2D eigenvalue weighted by molar-refractivity contribution is 14.0. The zero-order valence-electron chi connectivity index (χ0n) is 13.3. The molecule has 0 aromatic carbocycles. The Bertz CT molecular complexity index is 283. The Balaban J connectivity index is 0. The van der Waals surface area contributed by atoms with E-state index in [1.54, 1.807) is 0 Å². The molecule has 0 bridgehead atoms. The number of nitrogens with zero attached hydrogens (tertiary/aromatic N) is 2. The summed E-state index contributed by atoms with van der Waals surface area (Å²) >= 11 is 0. The van der Waals surface area contributed by atoms with Crippen LogP contribution in [-0.2, 0) is 0 Å². The van der Waals surface area contributed by atoms with Crippen LogP contribution >= 0.6 is 24.0 Å². The van der Waals surface area contributed by atoms with Crippen molar-refractivity contribution in [1.82, 2.24) is 15.5 Å². The number of aliphatic imine (C=N–C) groups is 1. The number of hydrogen-bond donors (Lipinski definition) is 2. The fraction of sp³-hybridized carbons (Fsp3) is 0.923. The average molecular weight is 424 g/mol. The van der Waals surface area contributed by atoms with Gasteiger partial charge in [0.2, 0.25) is 0 Å². The summed E-state index contributed by atoms with van der Waals surface area (Å²) in [5.74, 6) is 0.441. The zero-order chi connectivity index (χ0) is 15.6. The number of alkyl halides is 3. The lowest BCUT2D eigenvalue weighted by atomic mass is 10.3. The molecule has 2 N–H and O–H groups in total. The molecule has 0 saturated carbocycles. The summed E-state index contributed by atoms with van der Waals surface area (Å²) in [5, 5.41) is 6.00. The van der Waals surface area contributed by atoms with Crippen molar-refractivity contribution >= 4 is 29.9 Å². The van der Waals surface area contributed by atoms with Crippen molar-refractivity contribution in [2.45, 2.75) is 46.3 Å². The van der Waals surface area contributed by atoms with Gasteiger partial charge >= 0.3 is 6.18 Å². The topological polar surface area (TPSA) is 39.7 Å². The summed E-state index contributed by atoms with van der Waals surface area (Å²) in [4.78, 5) is 6.19. The van der Waals surface area contributed by atoms with Crippen LogP contribution in [0.15, 0.2) is 4.99 Å². The van der Waals surface area contributed by atoms with E-state index >= 15 is 0 Å². The van der Waals surface area contributed by atoms with E-state index in [1.165, 1.54) is 0 Å². The van der Waals surface area contributed by atoms with Crippen LogP contribution in [0, 0.1) is 0 Å². The lowest BCUT2D eigenvalue weighted by Gasteiger charge is -2.25. The third-order valence-electron chi connectivity index (χ3n) is 2.84. The first-order valence-electron chi connectivity index (χ1n) is 7.13. The Labute approximate surface area is 143 Å². The quantitative estimate of drug-likeness (QED) is 0.358. The molecule has 0 rings (SSSR count). The minimum Gasteiger partial charge on any atom is -0.357 e. The van der Waals surface area contributed by atoms with Gasteiger partial charge in [-0.25, -0.2) is 0 Å². The first kappa shape index (κ1) is 23.0. The van der Waals surface area contributed by atoms with Gasteiger partial charge in [0, 0.05) is 25.7 Å². The summed E-state index contributed by atoms with van der Waals surface area (Å²) in [5.41, 5.74) is 0. The average Bonchev–Trinajstić information content (AvgIpc) is 2.32. The smallest absolute Gasteiger partial charge is 0.357 e. The summed E-state index contributed by atoms with van der Waals surface area (Å²) in [6.45, 7) is 11.0. The highest BCUT2D eigenvalue weighted by Crippen LogP contribution is 2.18. The van der Waals surface area contributed by atoms with E-state index in [0.29, 0.717) is 25.1 Å². The number of likely N-dealkylation sites (N-methyl/N-ethyl adjacent to an activating group) is 1. The Hall–Kier alpha value is -0.250. The van der Waals surface area contributed by atoms with E-state index in [1.807, 2.05) is 6.92 Å². The first-order valence-corrected chi connectivity index (χ1v) is 7.13. The molecular weight excluding hydrogens is 396 g/mol. The van der Waals surface area contributed by atoms with Crippen molar-refractivity contribution in [3.05, 3.63) is 0 Å². The minimum absolute atomic E-state index is 0. The van der Waals surface area contributed by atoms with Crippen molar-refractivity contribution < 1.29 is 13.2 Å². The second-order valence-electron chi connectivity index (χ2n) is 4.77. The Kier molecular flexibility index (Phi) is 13.5. The largest absolute Gasteiger partial charge is 0.390 e. The molecule has 0 fully saturated rings. The maximum absolute atomic E-state index is 12.1. The van der Waals surface area contributed by atoms with Crippen LogP contribution in [0.2, 0.25) is 0 Å². The maximum atomic E-state index is 12.1. The van der Waals surface area contributed by atoms with E-state index in [-0.39, 0.29) is 30.5 Å². The second kappa shape index (κ2) is 12.3. The third kappa shape index (κ3) is 13.2. The molecule has 0 saturated heterocycles. The van der Waals surface area contributed by atoms with E-state index < -0.39 is 12.6 Å². The molecular formula is C13H28F3IN4. The van der Waals surface area contributed by atoms with Gasteiger partial charge < -0.3 is 10.6 Å². The molecule has 0 amide bonds. The Morgan fingerprint density at radius 2 is 1.81 bits per heavy atom. The van der Waals surface area contributed by atoms with Gasteiger partial charge in [-0.2, -0.15) is 13.2 Å². The van der Waals surface area contributed by atoms with Crippen LogP contribution in [0.4, 0.5) is 13.2 Å². The monoisotopic (exact) mass is 424 g/mol. The van der Waals surface area contributed by atoms with Crippen LogP contribution in [0.1, 0.15) is 34.1 Å². The summed E-state index contributed by atoms with van der Waals surface area (Å²) in [6.07, 6.45) is -5.05. The number of nitrogens with one attached hydrogen (secondary N) is 2. The van der Waals surface area contributed by atoms with Gasteiger partial charge in [0.05, 0.1) is 13.0 Å². The van der Waals surface area contributed by atoms with Crippen molar-refractivity contribution in [2.24, 2.45) is 4.99 Å². The number of halogens is 4. The van der Waals surface area contributed by atoms with Crippen molar-refractivity contribution in [1.29, 1.82) is 0 Å². The Morgan fingerprint density at radius 1 is 1.19 bits per heavy atom.